The van der Waals surface area contributed by atoms with Gasteiger partial charge in [0.2, 0.25) is 0 Å². The number of hydrogen-bond acceptors (Lipinski definition) is 8. The number of thioether (sulfide) groups is 1. The topological polar surface area (TPSA) is 127 Å². The average molecular weight is 519 g/mol. The highest BCUT2D eigenvalue weighted by Gasteiger charge is 2.42. The van der Waals surface area contributed by atoms with Crippen molar-refractivity contribution in [1.82, 2.24) is 9.97 Å². The summed E-state index contributed by atoms with van der Waals surface area (Å²) in [5.41, 5.74) is 2.83. The standard InChI is InChI=1S/C27H26N4O5S/c1-27(2)12-19-22(20(32)13-27)21(16-7-9-18(36-3)10-8-16)23-24(28-19)29-26(30-25(23)33)37-14-15-5-4-6-17(11-15)31(34)35/h4-11,21H,12-14H2,1-3H3,(H2,28,29,30,33)/t21-/m0/s1. The highest BCUT2D eigenvalue weighted by atomic mass is 32.2. The maximum absolute atomic E-state index is 13.5. The molecule has 2 aromatic carbocycles. The Morgan fingerprint density at radius 1 is 1.16 bits per heavy atom. The minimum atomic E-state index is -0.548. The molecule has 0 fully saturated rings. The summed E-state index contributed by atoms with van der Waals surface area (Å²) < 4.78 is 5.29. The number of Topliss-reactive ketones (excluding diaryl/α,β-unsaturated/α-hetero) is 1. The molecule has 0 radical (unpaired) electrons. The summed E-state index contributed by atoms with van der Waals surface area (Å²) in [6.45, 7) is 4.11. The van der Waals surface area contributed by atoms with E-state index in [-0.39, 0.29) is 22.4 Å². The Balaban J connectivity index is 1.54. The number of anilines is 1. The van der Waals surface area contributed by atoms with Crippen molar-refractivity contribution < 1.29 is 14.5 Å². The quantitative estimate of drug-likeness (QED) is 0.198. The maximum atomic E-state index is 13.5. The number of ether oxygens (including phenoxy) is 1. The van der Waals surface area contributed by atoms with Gasteiger partial charge in [-0.2, -0.15) is 0 Å². The first-order valence-electron chi connectivity index (χ1n) is 11.8. The van der Waals surface area contributed by atoms with Crippen LogP contribution in [0.2, 0.25) is 0 Å². The van der Waals surface area contributed by atoms with E-state index in [2.05, 4.69) is 24.1 Å². The molecular weight excluding hydrogens is 492 g/mol. The Kier molecular flexibility index (Phi) is 6.36. The number of carbonyl (C=O) groups is 1. The molecule has 1 aromatic heterocycles. The normalized spacial score (nSPS) is 18.0. The van der Waals surface area contributed by atoms with E-state index in [4.69, 9.17) is 9.72 Å². The van der Waals surface area contributed by atoms with Gasteiger partial charge in [0.05, 0.1) is 17.6 Å². The molecule has 3 aromatic rings. The van der Waals surface area contributed by atoms with Crippen molar-refractivity contribution >= 4 is 29.1 Å². The van der Waals surface area contributed by atoms with E-state index in [1.54, 1.807) is 19.2 Å². The maximum Gasteiger partial charge on any atom is 0.269 e. The molecule has 1 aliphatic carbocycles. The van der Waals surface area contributed by atoms with Crippen molar-refractivity contribution in [3.05, 3.63) is 97.0 Å². The van der Waals surface area contributed by atoms with Gasteiger partial charge in [-0.1, -0.05) is 49.9 Å². The fourth-order valence-electron chi connectivity index (χ4n) is 5.00. The number of nitrogens with zero attached hydrogens (tertiary/aromatic N) is 2. The lowest BCUT2D eigenvalue weighted by Crippen LogP contribution is -2.37. The molecule has 5 rings (SSSR count). The molecule has 0 spiro atoms. The van der Waals surface area contributed by atoms with E-state index in [0.717, 1.165) is 16.8 Å². The number of ketones is 1. The summed E-state index contributed by atoms with van der Waals surface area (Å²) >= 11 is 1.28. The van der Waals surface area contributed by atoms with Crippen LogP contribution in [0.15, 0.2) is 69.8 Å². The summed E-state index contributed by atoms with van der Waals surface area (Å²) in [6.07, 6.45) is 1.06. The zero-order valence-corrected chi connectivity index (χ0v) is 21.5. The number of fused-ring (bicyclic) bond motifs is 1. The van der Waals surface area contributed by atoms with Crippen molar-refractivity contribution in [3.63, 3.8) is 0 Å². The SMILES string of the molecule is COc1ccc([C@H]2C3=C(CC(C)(C)CC3=O)Nc3nc(SCc4cccc([N+](=O)[O-])c4)[nH]c(=O)c32)cc1. The molecule has 2 heterocycles. The molecule has 9 nitrogen and oxygen atoms in total. The first kappa shape index (κ1) is 24.8. The van der Waals surface area contributed by atoms with Crippen molar-refractivity contribution in [1.29, 1.82) is 0 Å². The number of nitrogens with one attached hydrogen (secondary N) is 2. The minimum absolute atomic E-state index is 0.0121. The van der Waals surface area contributed by atoms with Crippen molar-refractivity contribution in [2.45, 2.75) is 43.5 Å². The summed E-state index contributed by atoms with van der Waals surface area (Å²) in [5.74, 6) is 0.977. The van der Waals surface area contributed by atoms with Gasteiger partial charge in [-0.15, -0.1) is 0 Å². The molecule has 1 atom stereocenters. The molecule has 2 N–H and O–H groups in total. The van der Waals surface area contributed by atoms with E-state index < -0.39 is 10.8 Å². The molecule has 1 aliphatic heterocycles. The fourth-order valence-corrected chi connectivity index (χ4v) is 5.81. The number of H-pyrrole nitrogens is 1. The Labute approximate surface area is 217 Å². The molecule has 10 heteroatoms. The first-order valence-corrected chi connectivity index (χ1v) is 12.8. The number of hydrogen-bond donors (Lipinski definition) is 2. The highest BCUT2D eigenvalue weighted by Crippen LogP contribution is 2.47. The van der Waals surface area contributed by atoms with Crippen LogP contribution in [-0.4, -0.2) is 27.8 Å². The highest BCUT2D eigenvalue weighted by molar-refractivity contribution is 7.98. The third kappa shape index (κ3) is 4.89. The van der Waals surface area contributed by atoms with Crippen molar-refractivity contribution in [3.8, 4) is 5.75 Å². The Bertz CT molecular complexity index is 1490. The van der Waals surface area contributed by atoms with Gasteiger partial charge in [0, 0.05) is 41.5 Å². The van der Waals surface area contributed by atoms with E-state index in [9.17, 15) is 19.7 Å². The molecule has 0 saturated carbocycles. The number of benzene rings is 2. The molecule has 0 saturated heterocycles. The van der Waals surface area contributed by atoms with E-state index in [1.165, 1.54) is 23.9 Å². The molecule has 2 aliphatic rings. The third-order valence-electron chi connectivity index (χ3n) is 6.65. The van der Waals surface area contributed by atoms with Crippen molar-refractivity contribution in [2.75, 3.05) is 12.4 Å². The van der Waals surface area contributed by atoms with Crippen LogP contribution in [-0.2, 0) is 10.5 Å². The number of nitro groups is 1. The number of aromatic amines is 1. The van der Waals surface area contributed by atoms with Crippen LogP contribution in [0.25, 0.3) is 0 Å². The van der Waals surface area contributed by atoms with Gasteiger partial charge >= 0.3 is 0 Å². The summed E-state index contributed by atoms with van der Waals surface area (Å²) in [5, 5.41) is 14.8. The number of carbonyl (C=O) groups excluding carboxylic acids is 1. The monoisotopic (exact) mass is 518 g/mol. The van der Waals surface area contributed by atoms with Gasteiger partial charge in [-0.3, -0.25) is 19.7 Å². The van der Waals surface area contributed by atoms with Crippen molar-refractivity contribution in [2.24, 2.45) is 5.41 Å². The molecule has 0 unspecified atom stereocenters. The number of nitro benzene ring substituents is 1. The van der Waals surface area contributed by atoms with Gasteiger partial charge in [-0.25, -0.2) is 4.98 Å². The summed E-state index contributed by atoms with van der Waals surface area (Å²) in [6, 6.07) is 13.8. The number of allylic oxidation sites excluding steroid dienone is 2. The summed E-state index contributed by atoms with van der Waals surface area (Å²) in [7, 11) is 1.59. The van der Waals surface area contributed by atoms with Crippen LogP contribution < -0.4 is 15.6 Å². The second-order valence-electron chi connectivity index (χ2n) is 10.0. The van der Waals surface area contributed by atoms with Gasteiger partial charge < -0.3 is 15.0 Å². The van der Waals surface area contributed by atoms with Crippen LogP contribution in [0.1, 0.15) is 49.3 Å². The van der Waals surface area contributed by atoms with Gasteiger partial charge in [0.25, 0.3) is 11.2 Å². The average Bonchev–Trinajstić information content (AvgIpc) is 2.85. The molecule has 190 valence electrons. The van der Waals surface area contributed by atoms with Crippen LogP contribution in [0.4, 0.5) is 11.5 Å². The predicted molar refractivity (Wildman–Crippen MR) is 141 cm³/mol. The number of aromatic nitrogens is 2. The Morgan fingerprint density at radius 2 is 1.92 bits per heavy atom. The van der Waals surface area contributed by atoms with Gasteiger partial charge in [-0.05, 0) is 35.1 Å². The third-order valence-corrected chi connectivity index (χ3v) is 7.59. The van der Waals surface area contributed by atoms with Crippen LogP contribution >= 0.6 is 11.8 Å². The largest absolute Gasteiger partial charge is 0.497 e. The van der Waals surface area contributed by atoms with Crippen LogP contribution in [0.3, 0.4) is 0 Å². The van der Waals surface area contributed by atoms with E-state index in [1.807, 2.05) is 24.3 Å². The van der Waals surface area contributed by atoms with Gasteiger partial charge in [0.15, 0.2) is 10.9 Å². The number of rotatable bonds is 6. The number of non-ortho nitro benzene ring substituents is 1. The second-order valence-corrected chi connectivity index (χ2v) is 11.0. The molecule has 0 amide bonds. The predicted octanol–water partition coefficient (Wildman–Crippen LogP) is 5.18. The number of methoxy groups -OCH3 is 1. The molecular formula is C27H26N4O5S. The smallest absolute Gasteiger partial charge is 0.269 e. The minimum Gasteiger partial charge on any atom is -0.497 e. The second kappa shape index (κ2) is 9.51. The molecule has 0 bridgehead atoms. The van der Waals surface area contributed by atoms with Gasteiger partial charge in [0.1, 0.15) is 11.6 Å². The zero-order valence-electron chi connectivity index (χ0n) is 20.7. The molecule has 37 heavy (non-hydrogen) atoms. The van der Waals surface area contributed by atoms with Crippen LogP contribution in [0.5, 0.6) is 5.75 Å². The summed E-state index contributed by atoms with van der Waals surface area (Å²) in [4.78, 5) is 45.1. The lowest BCUT2D eigenvalue weighted by Gasteiger charge is -2.38. The Hall–Kier alpha value is -3.92. The lowest BCUT2D eigenvalue weighted by atomic mass is 9.69. The first-order chi connectivity index (χ1) is 17.6. The fraction of sp³-hybridized carbons (Fsp3) is 0.296. The van der Waals surface area contributed by atoms with E-state index >= 15 is 0 Å². The van der Waals surface area contributed by atoms with Crippen LogP contribution in [0, 0.1) is 15.5 Å². The zero-order chi connectivity index (χ0) is 26.3. The lowest BCUT2D eigenvalue weighted by molar-refractivity contribution is -0.384. The van der Waals surface area contributed by atoms with E-state index in [0.29, 0.717) is 46.5 Å². The Morgan fingerprint density at radius 3 is 2.62 bits per heavy atom.